The first kappa shape index (κ1) is 29.7. The molecule has 6 nitrogen and oxygen atoms in total. The molecule has 0 amide bonds. The Kier molecular flexibility index (Phi) is 9.87. The second kappa shape index (κ2) is 11.0. The zero-order chi connectivity index (χ0) is 25.8. The number of ether oxygens (including phenoxy) is 1. The van der Waals surface area contributed by atoms with Gasteiger partial charge in [0.2, 0.25) is 0 Å². The fourth-order valence-electron chi connectivity index (χ4n) is 3.51. The Morgan fingerprint density at radius 1 is 0.939 bits per heavy atom. The van der Waals surface area contributed by atoms with Crippen LogP contribution in [0.1, 0.15) is 59.3 Å². The molecule has 0 aromatic carbocycles. The van der Waals surface area contributed by atoms with Crippen molar-refractivity contribution in [3.8, 4) is 0 Å². The predicted molar refractivity (Wildman–Crippen MR) is 108 cm³/mol. The largest absolute Gasteiger partial charge is 0.498 e. The first-order valence-electron chi connectivity index (χ1n) is 10.3. The molecule has 1 rings (SSSR count). The van der Waals surface area contributed by atoms with Crippen molar-refractivity contribution in [2.45, 2.75) is 81.0 Å². The molecular formula is C19H28F6O6S2. The van der Waals surface area contributed by atoms with Crippen LogP contribution in [0, 0.1) is 17.8 Å². The molecule has 0 radical (unpaired) electrons. The monoisotopic (exact) mass is 530 g/mol. The second-order valence-electron chi connectivity index (χ2n) is 8.35. The smallest absolute Gasteiger partial charge is 0.462 e. The third-order valence-corrected chi connectivity index (χ3v) is 10.2. The standard InChI is InChI=1S/C19H28F6O6S2/c1-4-13-5-6-14(11-13)7-9-16(26)31-15(12(2)3)8-10-17(32(27,28)18(20,21)22)33(29,30)19(23,24)25/h5-6,12-15,17H,4,7-11H2,1-3H3. The normalized spacial score (nSPS) is 21.1. The molecule has 0 spiro atoms. The summed E-state index contributed by atoms with van der Waals surface area (Å²) in [6.45, 7) is 4.92. The summed E-state index contributed by atoms with van der Waals surface area (Å²) >= 11 is 0. The van der Waals surface area contributed by atoms with E-state index in [0.717, 1.165) is 12.8 Å². The van der Waals surface area contributed by atoms with Crippen LogP contribution in [0.15, 0.2) is 12.2 Å². The second-order valence-corrected chi connectivity index (χ2v) is 12.9. The number of carbonyl (C=O) groups excluding carboxylic acids is 1. The Morgan fingerprint density at radius 3 is 1.82 bits per heavy atom. The zero-order valence-corrected chi connectivity index (χ0v) is 20.0. The molecule has 0 bridgehead atoms. The molecule has 14 heteroatoms. The van der Waals surface area contributed by atoms with Crippen molar-refractivity contribution < 1.29 is 52.7 Å². The van der Waals surface area contributed by atoms with Gasteiger partial charge in [-0.1, -0.05) is 32.9 Å². The highest BCUT2D eigenvalue weighted by molar-refractivity contribution is 8.09. The molecule has 0 fully saturated rings. The third kappa shape index (κ3) is 7.59. The van der Waals surface area contributed by atoms with E-state index in [1.807, 2.05) is 19.1 Å². The van der Waals surface area contributed by atoms with Crippen molar-refractivity contribution in [1.82, 2.24) is 0 Å². The molecule has 0 aliphatic heterocycles. The highest BCUT2D eigenvalue weighted by atomic mass is 32.3. The van der Waals surface area contributed by atoms with Crippen molar-refractivity contribution in [2.75, 3.05) is 0 Å². The van der Waals surface area contributed by atoms with Crippen LogP contribution in [0.2, 0.25) is 0 Å². The number of sulfone groups is 2. The maximum absolute atomic E-state index is 12.9. The number of rotatable bonds is 11. The molecule has 3 atom stereocenters. The molecule has 0 heterocycles. The number of allylic oxidation sites excluding steroid dienone is 2. The zero-order valence-electron chi connectivity index (χ0n) is 18.3. The average Bonchev–Trinajstić information content (AvgIpc) is 3.11. The van der Waals surface area contributed by atoms with Crippen LogP contribution < -0.4 is 0 Å². The summed E-state index contributed by atoms with van der Waals surface area (Å²) in [7, 11) is -13.4. The van der Waals surface area contributed by atoms with Crippen molar-refractivity contribution in [3.05, 3.63) is 12.2 Å². The van der Waals surface area contributed by atoms with Gasteiger partial charge in [0, 0.05) is 6.42 Å². The first-order valence-corrected chi connectivity index (χ1v) is 13.4. The quantitative estimate of drug-likeness (QED) is 0.214. The summed E-state index contributed by atoms with van der Waals surface area (Å²) in [6, 6.07) is 0. The van der Waals surface area contributed by atoms with Gasteiger partial charge >= 0.3 is 17.0 Å². The van der Waals surface area contributed by atoms with Gasteiger partial charge in [-0.15, -0.1) is 0 Å². The van der Waals surface area contributed by atoms with Gasteiger partial charge in [0.05, 0.1) is 0 Å². The Labute approximate surface area is 189 Å². The molecule has 0 N–H and O–H groups in total. The van der Waals surface area contributed by atoms with Crippen LogP contribution in [0.3, 0.4) is 0 Å². The lowest BCUT2D eigenvalue weighted by atomic mass is 9.97. The van der Waals surface area contributed by atoms with Crippen molar-refractivity contribution >= 4 is 25.6 Å². The topological polar surface area (TPSA) is 94.6 Å². The summed E-state index contributed by atoms with van der Waals surface area (Å²) in [5.41, 5.74) is -12.4. The van der Waals surface area contributed by atoms with Crippen molar-refractivity contribution in [2.24, 2.45) is 17.8 Å². The Morgan fingerprint density at radius 2 is 1.42 bits per heavy atom. The number of hydrogen-bond acceptors (Lipinski definition) is 6. The lowest BCUT2D eigenvalue weighted by Crippen LogP contribution is -2.45. The van der Waals surface area contributed by atoms with E-state index in [0.29, 0.717) is 12.3 Å². The van der Waals surface area contributed by atoms with Gasteiger partial charge in [-0.3, -0.25) is 4.79 Å². The number of hydrogen-bond donors (Lipinski definition) is 0. The van der Waals surface area contributed by atoms with Crippen LogP contribution >= 0.6 is 0 Å². The lowest BCUT2D eigenvalue weighted by molar-refractivity contribution is -0.152. The number of carbonyl (C=O) groups is 1. The fraction of sp³-hybridized carbons (Fsp3) is 0.842. The first-order chi connectivity index (χ1) is 14.8. The molecule has 0 saturated carbocycles. The average molecular weight is 531 g/mol. The van der Waals surface area contributed by atoms with E-state index in [1.165, 1.54) is 13.8 Å². The number of esters is 1. The minimum Gasteiger partial charge on any atom is -0.462 e. The summed E-state index contributed by atoms with van der Waals surface area (Å²) in [6.07, 6.45) is 2.55. The van der Waals surface area contributed by atoms with Crippen molar-refractivity contribution in [3.63, 3.8) is 0 Å². The highest BCUT2D eigenvalue weighted by Gasteiger charge is 2.62. The maximum Gasteiger partial charge on any atom is 0.498 e. The molecule has 1 aliphatic carbocycles. The van der Waals surface area contributed by atoms with Crippen LogP contribution in [-0.2, 0) is 29.2 Å². The fourth-order valence-corrected chi connectivity index (χ4v) is 6.99. The maximum atomic E-state index is 12.9. The number of alkyl halides is 6. The Balaban J connectivity index is 2.93. The SMILES string of the molecule is CCC1C=CC(CCC(=O)OC(CCC(S(=O)(=O)C(F)(F)F)S(=O)(=O)C(F)(F)F)C(C)C)C1. The molecule has 0 aromatic heterocycles. The summed E-state index contributed by atoms with van der Waals surface area (Å²) < 4.78 is 125. The minimum atomic E-state index is -6.71. The summed E-state index contributed by atoms with van der Waals surface area (Å²) in [4.78, 5) is 12.2. The van der Waals surface area contributed by atoms with E-state index >= 15 is 0 Å². The predicted octanol–water partition coefficient (Wildman–Crippen LogP) is 4.91. The lowest BCUT2D eigenvalue weighted by Gasteiger charge is -2.25. The van der Waals surface area contributed by atoms with Crippen LogP contribution in [0.4, 0.5) is 26.3 Å². The highest BCUT2D eigenvalue weighted by Crippen LogP contribution is 2.39. The molecule has 3 unspecified atom stereocenters. The van der Waals surface area contributed by atoms with E-state index in [1.54, 1.807) is 0 Å². The molecular weight excluding hydrogens is 502 g/mol. The summed E-state index contributed by atoms with van der Waals surface area (Å²) in [5.74, 6) is -0.834. The van der Waals surface area contributed by atoms with E-state index in [-0.39, 0.29) is 12.3 Å². The molecule has 1 aliphatic rings. The van der Waals surface area contributed by atoms with Gasteiger partial charge in [-0.25, -0.2) is 16.8 Å². The molecule has 0 saturated heterocycles. The van der Waals surface area contributed by atoms with Gasteiger partial charge < -0.3 is 4.74 Å². The van der Waals surface area contributed by atoms with Gasteiger partial charge in [-0.2, -0.15) is 26.3 Å². The Hall–Kier alpha value is -1.31. The van der Waals surface area contributed by atoms with E-state index in [9.17, 15) is 48.0 Å². The molecule has 0 aromatic rings. The summed E-state index contributed by atoms with van der Waals surface area (Å²) in [5, 5.41) is 0. The van der Waals surface area contributed by atoms with Crippen LogP contribution in [-0.4, -0.2) is 44.5 Å². The van der Waals surface area contributed by atoms with E-state index in [2.05, 4.69) is 0 Å². The minimum absolute atomic E-state index is 0.0558. The number of halogens is 6. The van der Waals surface area contributed by atoms with E-state index in [4.69, 9.17) is 4.74 Å². The molecule has 33 heavy (non-hydrogen) atoms. The van der Waals surface area contributed by atoms with E-state index < -0.39 is 66.1 Å². The van der Waals surface area contributed by atoms with Crippen molar-refractivity contribution in [1.29, 1.82) is 0 Å². The van der Waals surface area contributed by atoms with Gasteiger partial charge in [-0.05, 0) is 49.9 Å². The third-order valence-electron chi connectivity index (χ3n) is 5.56. The van der Waals surface area contributed by atoms with Gasteiger partial charge in [0.25, 0.3) is 19.7 Å². The Bertz CT molecular complexity index is 862. The van der Waals surface area contributed by atoms with Gasteiger partial charge in [0.1, 0.15) is 6.10 Å². The molecule has 194 valence electrons. The van der Waals surface area contributed by atoms with Crippen LogP contribution in [0.25, 0.3) is 0 Å². The van der Waals surface area contributed by atoms with Gasteiger partial charge in [0.15, 0.2) is 4.58 Å². The van der Waals surface area contributed by atoms with Crippen LogP contribution in [0.5, 0.6) is 0 Å².